The number of rotatable bonds is 6. The third-order valence-corrected chi connectivity index (χ3v) is 4.24. The molecule has 1 aliphatic rings. The fraction of sp³-hybridized carbons (Fsp3) is 0.529. The lowest BCUT2D eigenvalue weighted by atomic mass is 10.1. The molecule has 1 N–H and O–H groups in total. The van der Waals surface area contributed by atoms with Crippen molar-refractivity contribution in [2.75, 3.05) is 19.8 Å². The Kier molecular flexibility index (Phi) is 6.45. The van der Waals surface area contributed by atoms with Gasteiger partial charge in [0, 0.05) is 24.3 Å². The van der Waals surface area contributed by atoms with Crippen molar-refractivity contribution in [1.82, 2.24) is 4.90 Å². The second-order valence-electron chi connectivity index (χ2n) is 5.87. The van der Waals surface area contributed by atoms with E-state index in [1.165, 1.54) is 4.90 Å². The average molecular weight is 356 g/mol. The van der Waals surface area contributed by atoms with Gasteiger partial charge in [0.2, 0.25) is 0 Å². The standard InChI is InChI=1S/C17H22ClNO5/c1-11-9-13(18)3-4-15(11)24-12(2)17(22)19(10-16(20)21)14-5-7-23-8-6-14/h3-4,9,12,14H,5-8,10H2,1-2H3,(H,20,21)/t12-/m0/s1. The summed E-state index contributed by atoms with van der Waals surface area (Å²) in [6, 6.07) is 5.01. The number of carboxylic acids is 1. The van der Waals surface area contributed by atoms with E-state index < -0.39 is 12.1 Å². The smallest absolute Gasteiger partial charge is 0.323 e. The Labute approximate surface area is 146 Å². The lowest BCUT2D eigenvalue weighted by Crippen LogP contribution is -2.50. The maximum Gasteiger partial charge on any atom is 0.323 e. The third-order valence-electron chi connectivity index (χ3n) is 4.01. The molecule has 1 saturated heterocycles. The number of amides is 1. The topological polar surface area (TPSA) is 76.1 Å². The summed E-state index contributed by atoms with van der Waals surface area (Å²) < 4.78 is 11.0. The summed E-state index contributed by atoms with van der Waals surface area (Å²) >= 11 is 5.92. The van der Waals surface area contributed by atoms with Crippen LogP contribution < -0.4 is 4.74 Å². The van der Waals surface area contributed by atoms with E-state index in [4.69, 9.17) is 26.2 Å². The molecule has 0 spiro atoms. The number of nitrogens with zero attached hydrogens (tertiary/aromatic N) is 1. The molecule has 6 nitrogen and oxygen atoms in total. The minimum absolute atomic E-state index is 0.139. The molecule has 7 heteroatoms. The van der Waals surface area contributed by atoms with Crippen LogP contribution in [0.4, 0.5) is 0 Å². The van der Waals surface area contributed by atoms with Gasteiger partial charge in [-0.3, -0.25) is 9.59 Å². The van der Waals surface area contributed by atoms with Crippen molar-refractivity contribution in [2.45, 2.75) is 38.8 Å². The zero-order valence-corrected chi connectivity index (χ0v) is 14.6. The van der Waals surface area contributed by atoms with E-state index in [-0.39, 0.29) is 18.5 Å². The molecule has 1 atom stereocenters. The van der Waals surface area contributed by atoms with Crippen LogP contribution in [0.15, 0.2) is 18.2 Å². The highest BCUT2D eigenvalue weighted by molar-refractivity contribution is 6.30. The number of carboxylic acid groups (broad SMARTS) is 1. The van der Waals surface area contributed by atoms with Gasteiger partial charge in [-0.1, -0.05) is 11.6 Å². The predicted octanol–water partition coefficient (Wildman–Crippen LogP) is 2.51. The molecular weight excluding hydrogens is 334 g/mol. The Hall–Kier alpha value is -1.79. The summed E-state index contributed by atoms with van der Waals surface area (Å²) in [5, 5.41) is 9.72. The maximum atomic E-state index is 12.7. The van der Waals surface area contributed by atoms with Crippen LogP contribution in [0, 0.1) is 6.92 Å². The van der Waals surface area contributed by atoms with Crippen LogP contribution in [0.3, 0.4) is 0 Å². The molecule has 0 saturated carbocycles. The van der Waals surface area contributed by atoms with Gasteiger partial charge in [0.15, 0.2) is 6.10 Å². The first-order chi connectivity index (χ1) is 11.4. The van der Waals surface area contributed by atoms with Crippen LogP contribution in [0.1, 0.15) is 25.3 Å². The molecule has 2 rings (SSSR count). The Morgan fingerprint density at radius 1 is 1.42 bits per heavy atom. The zero-order valence-electron chi connectivity index (χ0n) is 13.8. The number of carbonyl (C=O) groups is 2. The largest absolute Gasteiger partial charge is 0.481 e. The molecule has 0 unspecified atom stereocenters. The minimum atomic E-state index is -1.04. The summed E-state index contributed by atoms with van der Waals surface area (Å²) in [7, 11) is 0. The van der Waals surface area contributed by atoms with Gasteiger partial charge in [-0.15, -0.1) is 0 Å². The summed E-state index contributed by atoms with van der Waals surface area (Å²) in [5.74, 6) is -0.814. The molecule has 1 aromatic carbocycles. The molecule has 0 aromatic heterocycles. The van der Waals surface area contributed by atoms with E-state index in [0.717, 1.165) is 5.56 Å². The molecule has 1 fully saturated rings. The monoisotopic (exact) mass is 355 g/mol. The van der Waals surface area contributed by atoms with E-state index in [1.54, 1.807) is 25.1 Å². The van der Waals surface area contributed by atoms with Crippen LogP contribution in [0.2, 0.25) is 5.02 Å². The summed E-state index contributed by atoms with van der Waals surface area (Å²) in [5.41, 5.74) is 0.818. The number of aliphatic carboxylic acids is 1. The van der Waals surface area contributed by atoms with Gasteiger partial charge in [-0.25, -0.2) is 0 Å². The van der Waals surface area contributed by atoms with Crippen LogP contribution in [0.25, 0.3) is 0 Å². The Balaban J connectivity index is 2.10. The SMILES string of the molecule is Cc1cc(Cl)ccc1O[C@@H](C)C(=O)N(CC(=O)O)C1CCOCC1. The number of carbonyl (C=O) groups excluding carboxylic acids is 1. The highest BCUT2D eigenvalue weighted by Gasteiger charge is 2.31. The molecule has 1 aliphatic heterocycles. The third kappa shape index (κ3) is 4.85. The maximum absolute atomic E-state index is 12.7. The predicted molar refractivity (Wildman–Crippen MR) is 89.5 cm³/mol. The lowest BCUT2D eigenvalue weighted by molar-refractivity contribution is -0.151. The molecule has 0 aliphatic carbocycles. The Morgan fingerprint density at radius 2 is 2.08 bits per heavy atom. The van der Waals surface area contributed by atoms with E-state index in [9.17, 15) is 9.59 Å². The summed E-state index contributed by atoms with van der Waals surface area (Å²) in [6.45, 7) is 4.19. The van der Waals surface area contributed by atoms with Crippen molar-refractivity contribution >= 4 is 23.5 Å². The van der Waals surface area contributed by atoms with Gasteiger partial charge in [0.25, 0.3) is 5.91 Å². The molecule has 1 heterocycles. The van der Waals surface area contributed by atoms with Crippen molar-refractivity contribution < 1.29 is 24.2 Å². The minimum Gasteiger partial charge on any atom is -0.481 e. The number of hydrogen-bond acceptors (Lipinski definition) is 4. The van der Waals surface area contributed by atoms with Crippen molar-refractivity contribution in [1.29, 1.82) is 0 Å². The van der Waals surface area contributed by atoms with Crippen molar-refractivity contribution in [3.8, 4) is 5.75 Å². The van der Waals surface area contributed by atoms with Gasteiger partial charge in [0.05, 0.1) is 0 Å². The van der Waals surface area contributed by atoms with Crippen LogP contribution >= 0.6 is 11.6 Å². The van der Waals surface area contributed by atoms with E-state index in [0.29, 0.717) is 36.8 Å². The second-order valence-corrected chi connectivity index (χ2v) is 6.31. The van der Waals surface area contributed by atoms with Crippen molar-refractivity contribution in [3.05, 3.63) is 28.8 Å². The van der Waals surface area contributed by atoms with E-state index in [2.05, 4.69) is 0 Å². The van der Waals surface area contributed by atoms with Gasteiger partial charge in [-0.05, 0) is 50.5 Å². The first-order valence-corrected chi connectivity index (χ1v) is 8.29. The highest BCUT2D eigenvalue weighted by atomic mass is 35.5. The fourth-order valence-corrected chi connectivity index (χ4v) is 2.98. The van der Waals surface area contributed by atoms with Crippen LogP contribution in [-0.2, 0) is 14.3 Å². The quantitative estimate of drug-likeness (QED) is 0.848. The average Bonchev–Trinajstić information content (AvgIpc) is 2.55. The van der Waals surface area contributed by atoms with E-state index in [1.807, 2.05) is 6.92 Å². The lowest BCUT2D eigenvalue weighted by Gasteiger charge is -2.34. The summed E-state index contributed by atoms with van der Waals surface area (Å²) in [6.07, 6.45) is 0.476. The number of benzene rings is 1. The van der Waals surface area contributed by atoms with Crippen molar-refractivity contribution in [2.24, 2.45) is 0 Å². The summed E-state index contributed by atoms with van der Waals surface area (Å²) in [4.78, 5) is 25.3. The molecular formula is C17H22ClNO5. The normalized spacial score (nSPS) is 16.5. The molecule has 1 aromatic rings. The molecule has 1 amide bonds. The van der Waals surface area contributed by atoms with Gasteiger partial charge < -0.3 is 19.5 Å². The molecule has 132 valence electrons. The number of aryl methyl sites for hydroxylation is 1. The van der Waals surface area contributed by atoms with Gasteiger partial charge in [-0.2, -0.15) is 0 Å². The first kappa shape index (κ1) is 18.5. The Morgan fingerprint density at radius 3 is 2.67 bits per heavy atom. The van der Waals surface area contributed by atoms with E-state index >= 15 is 0 Å². The molecule has 0 bridgehead atoms. The molecule has 24 heavy (non-hydrogen) atoms. The zero-order chi connectivity index (χ0) is 17.7. The van der Waals surface area contributed by atoms with Gasteiger partial charge in [0.1, 0.15) is 12.3 Å². The van der Waals surface area contributed by atoms with Crippen LogP contribution in [-0.4, -0.2) is 53.8 Å². The highest BCUT2D eigenvalue weighted by Crippen LogP contribution is 2.24. The fourth-order valence-electron chi connectivity index (χ4n) is 2.75. The second kappa shape index (κ2) is 8.35. The first-order valence-electron chi connectivity index (χ1n) is 7.91. The number of hydrogen-bond donors (Lipinski definition) is 1. The molecule has 0 radical (unpaired) electrons. The number of halogens is 1. The van der Waals surface area contributed by atoms with Crippen molar-refractivity contribution in [3.63, 3.8) is 0 Å². The van der Waals surface area contributed by atoms with Crippen LogP contribution in [0.5, 0.6) is 5.75 Å². The van der Waals surface area contributed by atoms with Gasteiger partial charge >= 0.3 is 5.97 Å². The Bertz CT molecular complexity index is 601. The number of ether oxygens (including phenoxy) is 2.